The van der Waals surface area contributed by atoms with Crippen LogP contribution in [-0.2, 0) is 0 Å². The van der Waals surface area contributed by atoms with Gasteiger partial charge in [0.15, 0.2) is 0 Å². The molecular weight excluding hydrogens is 536 g/mol. The average molecular weight is 561 g/mol. The Balaban J connectivity index is 1.42. The van der Waals surface area contributed by atoms with E-state index in [4.69, 9.17) is 8.83 Å². The molecule has 0 bridgehead atoms. The van der Waals surface area contributed by atoms with Gasteiger partial charge in [0.25, 0.3) is 0 Å². The number of benzene rings is 8. The molecule has 2 nitrogen and oxygen atoms in total. The topological polar surface area (TPSA) is 26.3 Å². The van der Waals surface area contributed by atoms with Crippen molar-refractivity contribution in [2.24, 2.45) is 0 Å². The number of hydrogen-bond donors (Lipinski definition) is 0. The molecule has 0 atom stereocenters. The maximum atomic E-state index is 6.74. The Kier molecular flexibility index (Phi) is 4.75. The minimum absolute atomic E-state index is 0.904. The van der Waals surface area contributed by atoms with Gasteiger partial charge in [-0.05, 0) is 50.5 Å². The van der Waals surface area contributed by atoms with Gasteiger partial charge in [0.1, 0.15) is 22.3 Å². The van der Waals surface area contributed by atoms with Crippen LogP contribution in [0.2, 0.25) is 0 Å². The number of hydrogen-bond acceptors (Lipinski definition) is 2. The minimum Gasteiger partial charge on any atom is -0.455 e. The molecule has 0 aliphatic carbocycles. The second-order valence-electron chi connectivity index (χ2n) is 11.6. The van der Waals surface area contributed by atoms with Gasteiger partial charge >= 0.3 is 0 Å². The summed E-state index contributed by atoms with van der Waals surface area (Å²) in [5, 5.41) is 11.7. The molecule has 2 aromatic heterocycles. The predicted octanol–water partition coefficient (Wildman–Crippen LogP) is 12.3. The van der Waals surface area contributed by atoms with Gasteiger partial charge in [-0.3, -0.25) is 0 Å². The Morgan fingerprint density at radius 2 is 0.773 bits per heavy atom. The van der Waals surface area contributed by atoms with Crippen molar-refractivity contribution < 1.29 is 8.83 Å². The molecule has 0 saturated heterocycles. The van der Waals surface area contributed by atoms with E-state index >= 15 is 0 Å². The summed E-state index contributed by atoms with van der Waals surface area (Å²) in [6.07, 6.45) is 0. The SMILES string of the molecule is c1ccc2c(-c3c4ccccc4c(-c4cccc5c4oc4ccccc45)c4ccccc34)c3oc4ccccc4c3cc2c1. The largest absolute Gasteiger partial charge is 0.455 e. The monoisotopic (exact) mass is 560 g/mol. The summed E-state index contributed by atoms with van der Waals surface area (Å²) >= 11 is 0. The van der Waals surface area contributed by atoms with E-state index in [9.17, 15) is 0 Å². The molecule has 0 aliphatic heterocycles. The summed E-state index contributed by atoms with van der Waals surface area (Å²) in [5.74, 6) is 0. The van der Waals surface area contributed by atoms with E-state index in [0.717, 1.165) is 55.0 Å². The molecule has 10 aromatic rings. The van der Waals surface area contributed by atoms with Crippen molar-refractivity contribution in [3.05, 3.63) is 146 Å². The Labute approximate surface area is 252 Å². The quantitative estimate of drug-likeness (QED) is 0.197. The van der Waals surface area contributed by atoms with Gasteiger partial charge in [0, 0.05) is 43.8 Å². The second-order valence-corrected chi connectivity index (χ2v) is 11.6. The molecule has 0 spiro atoms. The van der Waals surface area contributed by atoms with E-state index in [-0.39, 0.29) is 0 Å². The van der Waals surface area contributed by atoms with Crippen LogP contribution in [0.5, 0.6) is 0 Å². The van der Waals surface area contributed by atoms with Crippen LogP contribution in [0.25, 0.3) is 98.4 Å². The maximum absolute atomic E-state index is 6.74. The molecule has 0 unspecified atom stereocenters. The maximum Gasteiger partial charge on any atom is 0.143 e. The summed E-state index contributed by atoms with van der Waals surface area (Å²) in [7, 11) is 0. The lowest BCUT2D eigenvalue weighted by Gasteiger charge is -2.19. The zero-order valence-corrected chi connectivity index (χ0v) is 23.7. The highest BCUT2D eigenvalue weighted by molar-refractivity contribution is 6.29. The number of para-hydroxylation sites is 3. The summed E-state index contributed by atoms with van der Waals surface area (Å²) in [6, 6.07) is 51.7. The molecule has 2 heterocycles. The second kappa shape index (κ2) is 8.82. The molecule has 0 fully saturated rings. The van der Waals surface area contributed by atoms with Crippen molar-refractivity contribution in [1.29, 1.82) is 0 Å². The molecule has 204 valence electrons. The molecule has 0 N–H and O–H groups in total. The van der Waals surface area contributed by atoms with Gasteiger partial charge in [0.05, 0.1) is 0 Å². The fourth-order valence-electron chi connectivity index (χ4n) is 7.40. The van der Waals surface area contributed by atoms with Gasteiger partial charge in [-0.1, -0.05) is 127 Å². The van der Waals surface area contributed by atoms with Crippen molar-refractivity contribution in [1.82, 2.24) is 0 Å². The number of furan rings is 2. The summed E-state index contributed by atoms with van der Waals surface area (Å²) in [6.45, 7) is 0. The third-order valence-electron chi connectivity index (χ3n) is 9.25. The van der Waals surface area contributed by atoms with Crippen LogP contribution in [0.1, 0.15) is 0 Å². The van der Waals surface area contributed by atoms with Crippen LogP contribution >= 0.6 is 0 Å². The molecule has 10 rings (SSSR count). The third-order valence-corrected chi connectivity index (χ3v) is 9.25. The van der Waals surface area contributed by atoms with E-state index in [1.165, 1.54) is 43.4 Å². The van der Waals surface area contributed by atoms with E-state index in [1.54, 1.807) is 0 Å². The third kappa shape index (κ3) is 3.14. The highest BCUT2D eigenvalue weighted by atomic mass is 16.3. The first-order chi connectivity index (χ1) is 21.8. The molecule has 2 heteroatoms. The van der Waals surface area contributed by atoms with Gasteiger partial charge < -0.3 is 8.83 Å². The van der Waals surface area contributed by atoms with Crippen LogP contribution in [0, 0.1) is 0 Å². The summed E-state index contributed by atoms with van der Waals surface area (Å²) < 4.78 is 13.3. The van der Waals surface area contributed by atoms with Crippen LogP contribution in [0.15, 0.2) is 154 Å². The Morgan fingerprint density at radius 3 is 1.43 bits per heavy atom. The summed E-state index contributed by atoms with van der Waals surface area (Å²) in [4.78, 5) is 0. The lowest BCUT2D eigenvalue weighted by atomic mass is 9.84. The lowest BCUT2D eigenvalue weighted by molar-refractivity contribution is 0.670. The smallest absolute Gasteiger partial charge is 0.143 e. The number of fused-ring (bicyclic) bond motifs is 9. The van der Waals surface area contributed by atoms with Crippen LogP contribution in [0.4, 0.5) is 0 Å². The minimum atomic E-state index is 0.904. The van der Waals surface area contributed by atoms with Gasteiger partial charge in [-0.2, -0.15) is 0 Å². The first kappa shape index (κ1) is 23.7. The van der Waals surface area contributed by atoms with Gasteiger partial charge in [-0.25, -0.2) is 0 Å². The highest BCUT2D eigenvalue weighted by Gasteiger charge is 2.24. The van der Waals surface area contributed by atoms with Crippen molar-refractivity contribution in [2.75, 3.05) is 0 Å². The first-order valence-corrected chi connectivity index (χ1v) is 15.0. The van der Waals surface area contributed by atoms with Crippen LogP contribution in [0.3, 0.4) is 0 Å². The van der Waals surface area contributed by atoms with Crippen LogP contribution < -0.4 is 0 Å². The Morgan fingerprint density at radius 1 is 0.295 bits per heavy atom. The van der Waals surface area contributed by atoms with Crippen molar-refractivity contribution in [3.63, 3.8) is 0 Å². The first-order valence-electron chi connectivity index (χ1n) is 15.0. The van der Waals surface area contributed by atoms with E-state index in [0.29, 0.717) is 0 Å². The average Bonchev–Trinajstić information content (AvgIpc) is 3.65. The number of rotatable bonds is 2. The lowest BCUT2D eigenvalue weighted by Crippen LogP contribution is -1.92. The van der Waals surface area contributed by atoms with Crippen molar-refractivity contribution in [2.45, 2.75) is 0 Å². The standard InChI is InChI=1S/C42H24O2/c1-2-13-26-25(12-1)24-35-28-15-8-10-23-37(28)44-42(35)40(26)39-31-18-5-3-16-29(31)38(30-17-4-6-19-32(30)39)34-21-11-20-33-27-14-7-9-22-36(27)43-41(33)34/h1-24H. The normalized spacial score (nSPS) is 12.1. The van der Waals surface area contributed by atoms with Gasteiger partial charge in [0.2, 0.25) is 0 Å². The van der Waals surface area contributed by atoms with Crippen molar-refractivity contribution in [3.8, 4) is 22.3 Å². The Hall–Kier alpha value is -5.86. The fourth-order valence-corrected chi connectivity index (χ4v) is 7.40. The zero-order chi connectivity index (χ0) is 28.8. The summed E-state index contributed by atoms with van der Waals surface area (Å²) in [5.41, 5.74) is 8.26. The molecule has 0 aliphatic rings. The molecule has 44 heavy (non-hydrogen) atoms. The molecular formula is C42H24O2. The fraction of sp³-hybridized carbons (Fsp3) is 0. The van der Waals surface area contributed by atoms with E-state index in [2.05, 4.69) is 133 Å². The van der Waals surface area contributed by atoms with E-state index < -0.39 is 0 Å². The molecule has 8 aromatic carbocycles. The van der Waals surface area contributed by atoms with Gasteiger partial charge in [-0.15, -0.1) is 0 Å². The van der Waals surface area contributed by atoms with Crippen LogP contribution in [-0.4, -0.2) is 0 Å². The molecule has 0 saturated carbocycles. The molecule has 0 radical (unpaired) electrons. The predicted molar refractivity (Wildman–Crippen MR) is 184 cm³/mol. The van der Waals surface area contributed by atoms with Crippen molar-refractivity contribution >= 4 is 76.2 Å². The highest BCUT2D eigenvalue weighted by Crippen LogP contribution is 2.50. The zero-order valence-electron chi connectivity index (χ0n) is 23.7. The molecule has 0 amide bonds. The van der Waals surface area contributed by atoms with E-state index in [1.807, 2.05) is 12.1 Å². The Bertz CT molecular complexity index is 2720.